The minimum atomic E-state index is -0.185. The molecule has 4 heteroatoms. The van der Waals surface area contributed by atoms with Gasteiger partial charge in [0.2, 0.25) is 5.91 Å². The first-order valence-electron chi connectivity index (χ1n) is 3.78. The van der Waals surface area contributed by atoms with Gasteiger partial charge in [-0.3, -0.25) is 9.69 Å². The molecule has 0 unspecified atom stereocenters. The number of likely N-dealkylation sites (N-methyl/N-ethyl adjacent to an activating group) is 1. The largest absolute Gasteiger partial charge is 0.338 e. The average molecular weight is 157 g/mol. The van der Waals surface area contributed by atoms with E-state index in [0.717, 1.165) is 6.54 Å². The molecule has 0 bridgehead atoms. The van der Waals surface area contributed by atoms with Gasteiger partial charge in [-0.2, -0.15) is 0 Å². The maximum Gasteiger partial charge on any atom is 0.236 e. The number of carbonyl (C=O) groups excluding carboxylic acids is 1. The third-order valence-corrected chi connectivity index (χ3v) is 1.87. The van der Waals surface area contributed by atoms with Gasteiger partial charge in [0, 0.05) is 19.6 Å². The predicted molar refractivity (Wildman–Crippen MR) is 39.6 cm³/mol. The van der Waals surface area contributed by atoms with Crippen LogP contribution in [0.3, 0.4) is 0 Å². The van der Waals surface area contributed by atoms with Crippen LogP contribution in [-0.4, -0.2) is 55.5 Å². The molecule has 0 aromatic carbocycles. The minimum Gasteiger partial charge on any atom is -0.338 e. The van der Waals surface area contributed by atoms with Gasteiger partial charge >= 0.3 is 0 Å². The molecular weight excluding hydrogens is 144 g/mol. The van der Waals surface area contributed by atoms with Crippen molar-refractivity contribution in [3.63, 3.8) is 0 Å². The van der Waals surface area contributed by atoms with Gasteiger partial charge in [0.1, 0.15) is 0 Å². The molecule has 4 nitrogen and oxygen atoms in total. The van der Waals surface area contributed by atoms with Gasteiger partial charge in [0.15, 0.2) is 0 Å². The van der Waals surface area contributed by atoms with Crippen molar-refractivity contribution in [2.24, 2.45) is 0 Å². The third kappa shape index (κ3) is 2.17. The SMILES string of the molecule is CN1CCN(CC[O])C(=O)C1. The summed E-state index contributed by atoms with van der Waals surface area (Å²) in [6.07, 6.45) is 0. The van der Waals surface area contributed by atoms with E-state index in [1.165, 1.54) is 0 Å². The van der Waals surface area contributed by atoms with Gasteiger partial charge in [0.25, 0.3) is 0 Å². The van der Waals surface area contributed by atoms with Gasteiger partial charge in [-0.15, -0.1) is 0 Å². The highest BCUT2D eigenvalue weighted by Gasteiger charge is 2.20. The van der Waals surface area contributed by atoms with E-state index >= 15 is 0 Å². The Labute approximate surface area is 66.4 Å². The van der Waals surface area contributed by atoms with Gasteiger partial charge in [-0.05, 0) is 7.05 Å². The van der Waals surface area contributed by atoms with Crippen molar-refractivity contribution >= 4 is 5.91 Å². The van der Waals surface area contributed by atoms with E-state index in [0.29, 0.717) is 19.6 Å². The first kappa shape index (κ1) is 8.49. The van der Waals surface area contributed by atoms with Gasteiger partial charge in [0.05, 0.1) is 13.2 Å². The Hall–Kier alpha value is -0.610. The summed E-state index contributed by atoms with van der Waals surface area (Å²) >= 11 is 0. The summed E-state index contributed by atoms with van der Waals surface area (Å²) in [6, 6.07) is 0. The summed E-state index contributed by atoms with van der Waals surface area (Å²) in [5.74, 6) is 0.0783. The zero-order valence-electron chi connectivity index (χ0n) is 6.75. The van der Waals surface area contributed by atoms with Crippen molar-refractivity contribution < 1.29 is 9.90 Å². The molecule has 1 aliphatic rings. The highest BCUT2D eigenvalue weighted by Crippen LogP contribution is 1.99. The zero-order valence-corrected chi connectivity index (χ0v) is 6.75. The molecular formula is C7H13N2O2. The quantitative estimate of drug-likeness (QED) is 0.526. The fourth-order valence-electron chi connectivity index (χ4n) is 1.17. The van der Waals surface area contributed by atoms with Crippen LogP contribution in [0.25, 0.3) is 0 Å². The van der Waals surface area contributed by atoms with Crippen LogP contribution in [0.15, 0.2) is 0 Å². The van der Waals surface area contributed by atoms with Crippen molar-refractivity contribution in [2.75, 3.05) is 39.8 Å². The number of nitrogens with zero attached hydrogens (tertiary/aromatic N) is 2. The van der Waals surface area contributed by atoms with Crippen molar-refractivity contribution in [1.29, 1.82) is 0 Å². The van der Waals surface area contributed by atoms with Crippen molar-refractivity contribution in [1.82, 2.24) is 9.80 Å². The number of carbonyl (C=O) groups is 1. The van der Waals surface area contributed by atoms with Crippen molar-refractivity contribution in [3.05, 3.63) is 0 Å². The highest BCUT2D eigenvalue weighted by atomic mass is 16.3. The monoisotopic (exact) mass is 157 g/mol. The molecule has 1 saturated heterocycles. The third-order valence-electron chi connectivity index (χ3n) is 1.87. The fraction of sp³-hybridized carbons (Fsp3) is 0.857. The van der Waals surface area contributed by atoms with Crippen LogP contribution in [0, 0.1) is 0 Å². The molecule has 0 atom stereocenters. The molecule has 11 heavy (non-hydrogen) atoms. The Morgan fingerprint density at radius 3 is 2.73 bits per heavy atom. The molecule has 0 aliphatic carbocycles. The summed E-state index contributed by atoms with van der Waals surface area (Å²) < 4.78 is 0. The second kappa shape index (κ2) is 3.69. The maximum atomic E-state index is 11.1. The van der Waals surface area contributed by atoms with E-state index in [9.17, 15) is 9.90 Å². The normalized spacial score (nSPS) is 20.9. The molecule has 1 fully saturated rings. The van der Waals surface area contributed by atoms with Gasteiger partial charge in [-0.1, -0.05) is 0 Å². The van der Waals surface area contributed by atoms with E-state index in [1.54, 1.807) is 4.90 Å². The molecule has 0 saturated carbocycles. The number of hydrogen-bond acceptors (Lipinski definition) is 2. The van der Waals surface area contributed by atoms with Crippen LogP contribution in [0.1, 0.15) is 0 Å². The lowest BCUT2D eigenvalue weighted by atomic mass is 10.3. The molecule has 0 aromatic heterocycles. The summed E-state index contributed by atoms with van der Waals surface area (Å²) in [4.78, 5) is 14.7. The summed E-state index contributed by atoms with van der Waals surface area (Å²) in [7, 11) is 1.91. The summed E-state index contributed by atoms with van der Waals surface area (Å²) in [5.41, 5.74) is 0. The average Bonchev–Trinajstić information content (AvgIpc) is 1.95. The van der Waals surface area contributed by atoms with Crippen molar-refractivity contribution in [3.8, 4) is 0 Å². The first-order valence-corrected chi connectivity index (χ1v) is 3.78. The van der Waals surface area contributed by atoms with Crippen molar-refractivity contribution in [2.45, 2.75) is 0 Å². The minimum absolute atomic E-state index is 0.0783. The zero-order chi connectivity index (χ0) is 8.27. The van der Waals surface area contributed by atoms with Gasteiger partial charge < -0.3 is 4.90 Å². The molecule has 0 aromatic rings. The lowest BCUT2D eigenvalue weighted by Crippen LogP contribution is -2.49. The molecule has 1 aliphatic heterocycles. The van der Waals surface area contributed by atoms with Crippen LogP contribution >= 0.6 is 0 Å². The Balaban J connectivity index is 2.38. The standard InChI is InChI=1S/C7H13N2O2/c1-8-2-3-9(4-5-10)7(11)6-8/h2-6H2,1H3. The molecule has 1 amide bonds. The molecule has 63 valence electrons. The maximum absolute atomic E-state index is 11.1. The summed E-state index contributed by atoms with van der Waals surface area (Å²) in [5, 5.41) is 10.2. The Kier molecular flexibility index (Phi) is 2.84. The highest BCUT2D eigenvalue weighted by molar-refractivity contribution is 5.78. The van der Waals surface area contributed by atoms with Gasteiger partial charge in [-0.25, -0.2) is 5.11 Å². The van der Waals surface area contributed by atoms with E-state index < -0.39 is 0 Å². The Bertz CT molecular complexity index is 149. The van der Waals surface area contributed by atoms with E-state index in [1.807, 2.05) is 11.9 Å². The fourth-order valence-corrected chi connectivity index (χ4v) is 1.17. The Morgan fingerprint density at radius 1 is 1.45 bits per heavy atom. The van der Waals surface area contributed by atoms with Crippen LogP contribution < -0.4 is 0 Å². The predicted octanol–water partition coefficient (Wildman–Crippen LogP) is -0.809. The smallest absolute Gasteiger partial charge is 0.236 e. The molecule has 1 rings (SSSR count). The Morgan fingerprint density at radius 2 is 2.18 bits per heavy atom. The lowest BCUT2D eigenvalue weighted by Gasteiger charge is -2.31. The molecule has 0 N–H and O–H groups in total. The first-order chi connectivity index (χ1) is 5.24. The molecule has 1 heterocycles. The van der Waals surface area contributed by atoms with Crippen LogP contribution in [-0.2, 0) is 9.90 Å². The number of rotatable bonds is 2. The van der Waals surface area contributed by atoms with Crippen LogP contribution in [0.5, 0.6) is 0 Å². The van der Waals surface area contributed by atoms with Crippen LogP contribution in [0.2, 0.25) is 0 Å². The lowest BCUT2D eigenvalue weighted by molar-refractivity contribution is -0.136. The number of amides is 1. The number of hydrogen-bond donors (Lipinski definition) is 0. The van der Waals surface area contributed by atoms with Crippen LogP contribution in [0.4, 0.5) is 0 Å². The second-order valence-electron chi connectivity index (χ2n) is 2.82. The van der Waals surface area contributed by atoms with E-state index in [2.05, 4.69) is 0 Å². The molecule has 1 radical (unpaired) electrons. The number of piperazine rings is 1. The topological polar surface area (TPSA) is 43.5 Å². The second-order valence-corrected chi connectivity index (χ2v) is 2.82. The summed E-state index contributed by atoms with van der Waals surface area (Å²) in [6.45, 7) is 2.23. The van der Waals surface area contributed by atoms with E-state index in [4.69, 9.17) is 0 Å². The molecule has 0 spiro atoms. The van der Waals surface area contributed by atoms with E-state index in [-0.39, 0.29) is 12.5 Å².